The second kappa shape index (κ2) is 8.65. The molecule has 1 aliphatic rings. The lowest BCUT2D eigenvalue weighted by atomic mass is 10.2. The third-order valence-corrected chi connectivity index (χ3v) is 6.02. The molecule has 3 rings (SSSR count). The molecular formula is C21H26N2O4S. The molecule has 0 radical (unpaired) electrons. The first-order valence-corrected chi connectivity index (χ1v) is 11.0. The standard InChI is InChI=1S/C21H26N2O4S/c1-3-4-5-13-22-14-15-23(21(22)24)18-9-11-20(12-10-18)28(25,26)27-19-8-6-7-17(2)16-19/h6-12,16H,3-5,13-15H2,1-2H3. The van der Waals surface area contributed by atoms with Gasteiger partial charge in [0, 0.05) is 25.3 Å². The van der Waals surface area contributed by atoms with Gasteiger partial charge in [0.1, 0.15) is 10.6 Å². The van der Waals surface area contributed by atoms with Gasteiger partial charge in [-0.05, 0) is 55.3 Å². The van der Waals surface area contributed by atoms with Gasteiger partial charge in [0.2, 0.25) is 0 Å². The average Bonchev–Trinajstić information content (AvgIpc) is 3.02. The Hall–Kier alpha value is -2.54. The topological polar surface area (TPSA) is 66.9 Å². The monoisotopic (exact) mass is 402 g/mol. The Morgan fingerprint density at radius 1 is 1.04 bits per heavy atom. The van der Waals surface area contributed by atoms with Crippen molar-refractivity contribution in [1.29, 1.82) is 0 Å². The summed E-state index contributed by atoms with van der Waals surface area (Å²) in [6.45, 7) is 6.07. The summed E-state index contributed by atoms with van der Waals surface area (Å²) in [5.74, 6) is 0.279. The maximum Gasteiger partial charge on any atom is 0.339 e. The van der Waals surface area contributed by atoms with Crippen molar-refractivity contribution in [3.63, 3.8) is 0 Å². The maximum atomic E-state index is 12.6. The lowest BCUT2D eigenvalue weighted by molar-refractivity contribution is 0.219. The molecule has 0 N–H and O–H groups in total. The Balaban J connectivity index is 1.68. The van der Waals surface area contributed by atoms with Crippen LogP contribution in [0, 0.1) is 6.92 Å². The minimum absolute atomic E-state index is 0.0253. The van der Waals surface area contributed by atoms with E-state index in [9.17, 15) is 13.2 Å². The summed E-state index contributed by atoms with van der Waals surface area (Å²) in [5.41, 5.74) is 1.61. The minimum Gasteiger partial charge on any atom is -0.379 e. The molecule has 1 fully saturated rings. The van der Waals surface area contributed by atoms with Crippen LogP contribution in [0.4, 0.5) is 10.5 Å². The van der Waals surface area contributed by atoms with Gasteiger partial charge in [0.25, 0.3) is 0 Å². The lowest BCUT2D eigenvalue weighted by Gasteiger charge is -2.19. The zero-order valence-electron chi connectivity index (χ0n) is 16.3. The fourth-order valence-corrected chi connectivity index (χ4v) is 4.14. The Morgan fingerprint density at radius 3 is 2.46 bits per heavy atom. The maximum absolute atomic E-state index is 12.6. The van der Waals surface area contributed by atoms with Crippen molar-refractivity contribution in [3.05, 3.63) is 54.1 Å². The predicted molar refractivity (Wildman–Crippen MR) is 109 cm³/mol. The first kappa shape index (κ1) is 20.2. The van der Waals surface area contributed by atoms with Crippen molar-refractivity contribution in [2.24, 2.45) is 0 Å². The molecule has 0 unspecified atom stereocenters. The first-order valence-electron chi connectivity index (χ1n) is 9.58. The number of aryl methyl sites for hydroxylation is 1. The van der Waals surface area contributed by atoms with Crippen LogP contribution < -0.4 is 9.08 Å². The van der Waals surface area contributed by atoms with Crippen molar-refractivity contribution in [2.45, 2.75) is 38.0 Å². The number of anilines is 1. The molecule has 1 heterocycles. The fourth-order valence-electron chi connectivity index (χ4n) is 3.22. The fraction of sp³-hybridized carbons (Fsp3) is 0.381. The molecule has 0 spiro atoms. The molecule has 2 aromatic carbocycles. The Morgan fingerprint density at radius 2 is 1.79 bits per heavy atom. The molecule has 0 atom stereocenters. The smallest absolute Gasteiger partial charge is 0.339 e. The number of hydrogen-bond acceptors (Lipinski definition) is 4. The SMILES string of the molecule is CCCCCN1CCN(c2ccc(S(=O)(=O)Oc3cccc(C)c3)cc2)C1=O. The minimum atomic E-state index is -3.92. The highest BCUT2D eigenvalue weighted by atomic mass is 32.2. The molecule has 2 amide bonds. The molecule has 0 aromatic heterocycles. The second-order valence-electron chi connectivity index (χ2n) is 6.98. The van der Waals surface area contributed by atoms with Gasteiger partial charge in [-0.1, -0.05) is 31.9 Å². The van der Waals surface area contributed by atoms with Crippen LogP contribution in [0.15, 0.2) is 53.4 Å². The first-order chi connectivity index (χ1) is 13.4. The summed E-state index contributed by atoms with van der Waals surface area (Å²) >= 11 is 0. The van der Waals surface area contributed by atoms with Gasteiger partial charge in [-0.25, -0.2) is 4.79 Å². The molecule has 1 aliphatic heterocycles. The molecule has 6 nitrogen and oxygen atoms in total. The average molecular weight is 403 g/mol. The van der Waals surface area contributed by atoms with E-state index < -0.39 is 10.1 Å². The van der Waals surface area contributed by atoms with E-state index in [0.29, 0.717) is 18.8 Å². The summed E-state index contributed by atoms with van der Waals surface area (Å²) in [6.07, 6.45) is 3.23. The molecule has 0 aliphatic carbocycles. The van der Waals surface area contributed by atoms with Crippen molar-refractivity contribution in [1.82, 2.24) is 4.90 Å². The zero-order valence-corrected chi connectivity index (χ0v) is 17.1. The van der Waals surface area contributed by atoms with Crippen molar-refractivity contribution >= 4 is 21.8 Å². The highest BCUT2D eigenvalue weighted by Gasteiger charge is 2.29. The number of rotatable bonds is 8. The van der Waals surface area contributed by atoms with Crippen molar-refractivity contribution < 1.29 is 17.4 Å². The summed E-state index contributed by atoms with van der Waals surface area (Å²) in [6, 6.07) is 13.1. The Kier molecular flexibility index (Phi) is 6.24. The number of carbonyl (C=O) groups is 1. The number of amides is 2. The molecule has 1 saturated heterocycles. The van der Waals surface area contributed by atoms with E-state index in [2.05, 4.69) is 6.92 Å². The third-order valence-electron chi connectivity index (χ3n) is 4.76. The van der Waals surface area contributed by atoms with Gasteiger partial charge < -0.3 is 9.08 Å². The van der Waals surface area contributed by atoms with E-state index >= 15 is 0 Å². The van der Waals surface area contributed by atoms with Crippen LogP contribution in [0.2, 0.25) is 0 Å². The number of benzene rings is 2. The van der Waals surface area contributed by atoms with Crippen LogP contribution in [0.3, 0.4) is 0 Å². The van der Waals surface area contributed by atoms with Crippen LogP contribution in [-0.2, 0) is 10.1 Å². The molecule has 28 heavy (non-hydrogen) atoms. The predicted octanol–water partition coefficient (Wildman–Crippen LogP) is 4.19. The summed E-state index contributed by atoms with van der Waals surface area (Å²) in [7, 11) is -3.92. The highest BCUT2D eigenvalue weighted by molar-refractivity contribution is 7.87. The van der Waals surface area contributed by atoms with E-state index in [-0.39, 0.29) is 16.7 Å². The van der Waals surface area contributed by atoms with E-state index in [4.69, 9.17) is 4.18 Å². The third kappa shape index (κ3) is 4.65. The van der Waals surface area contributed by atoms with Crippen LogP contribution in [0.1, 0.15) is 31.7 Å². The van der Waals surface area contributed by atoms with Crippen LogP contribution in [-0.4, -0.2) is 39.0 Å². The van der Waals surface area contributed by atoms with E-state index in [1.807, 2.05) is 17.9 Å². The quantitative estimate of drug-likeness (QED) is 0.490. The number of nitrogens with zero attached hydrogens (tertiary/aromatic N) is 2. The summed E-state index contributed by atoms with van der Waals surface area (Å²) in [5, 5.41) is 0. The lowest BCUT2D eigenvalue weighted by Crippen LogP contribution is -2.32. The Labute approximate surface area is 166 Å². The molecular weight excluding hydrogens is 376 g/mol. The van der Waals surface area contributed by atoms with Crippen LogP contribution in [0.5, 0.6) is 5.75 Å². The molecule has 150 valence electrons. The number of unbranched alkanes of at least 4 members (excludes halogenated alkanes) is 2. The van der Waals surface area contributed by atoms with Gasteiger partial charge >= 0.3 is 16.1 Å². The highest BCUT2D eigenvalue weighted by Crippen LogP contribution is 2.25. The van der Waals surface area contributed by atoms with Gasteiger partial charge in [-0.3, -0.25) is 4.90 Å². The van der Waals surface area contributed by atoms with Gasteiger partial charge in [-0.15, -0.1) is 0 Å². The second-order valence-corrected chi connectivity index (χ2v) is 8.52. The van der Waals surface area contributed by atoms with Crippen molar-refractivity contribution in [2.75, 3.05) is 24.5 Å². The van der Waals surface area contributed by atoms with E-state index in [1.165, 1.54) is 12.1 Å². The van der Waals surface area contributed by atoms with Crippen molar-refractivity contribution in [3.8, 4) is 5.75 Å². The summed E-state index contributed by atoms with van der Waals surface area (Å²) in [4.78, 5) is 16.2. The van der Waals surface area contributed by atoms with E-state index in [0.717, 1.165) is 31.4 Å². The normalized spacial score (nSPS) is 14.6. The largest absolute Gasteiger partial charge is 0.379 e. The number of urea groups is 1. The van der Waals surface area contributed by atoms with Crippen LogP contribution >= 0.6 is 0 Å². The number of hydrogen-bond donors (Lipinski definition) is 0. The van der Waals surface area contributed by atoms with Gasteiger partial charge in [0.05, 0.1) is 0 Å². The Bertz CT molecular complexity index is 926. The van der Waals surface area contributed by atoms with Gasteiger partial charge in [-0.2, -0.15) is 8.42 Å². The summed E-state index contributed by atoms with van der Waals surface area (Å²) < 4.78 is 30.2. The molecule has 0 saturated carbocycles. The zero-order chi connectivity index (χ0) is 20.1. The van der Waals surface area contributed by atoms with Crippen LogP contribution in [0.25, 0.3) is 0 Å². The number of carbonyl (C=O) groups excluding carboxylic acids is 1. The molecule has 0 bridgehead atoms. The molecule has 7 heteroatoms. The molecule has 2 aromatic rings. The van der Waals surface area contributed by atoms with Gasteiger partial charge in [0.15, 0.2) is 0 Å². The van der Waals surface area contributed by atoms with E-state index in [1.54, 1.807) is 35.2 Å².